The number of aromatic amines is 1. The van der Waals surface area contributed by atoms with E-state index in [-0.39, 0.29) is 5.75 Å². The number of anilines is 2. The van der Waals surface area contributed by atoms with Gasteiger partial charge in [0.15, 0.2) is 11.6 Å². The quantitative estimate of drug-likeness (QED) is 0.184. The van der Waals surface area contributed by atoms with E-state index < -0.39 is 17.8 Å². The molecule has 3 aromatic carbocycles. The maximum Gasteiger partial charge on any atom is 0.249 e. The van der Waals surface area contributed by atoms with Crippen molar-refractivity contribution >= 4 is 28.2 Å². The van der Waals surface area contributed by atoms with Crippen molar-refractivity contribution in [2.45, 2.75) is 33.2 Å². The molecule has 0 aliphatic rings. The van der Waals surface area contributed by atoms with Crippen LogP contribution in [-0.4, -0.2) is 27.5 Å². The average Bonchev–Trinajstić information content (AvgIpc) is 3.43. The van der Waals surface area contributed by atoms with Gasteiger partial charge in [-0.3, -0.25) is 4.79 Å². The van der Waals surface area contributed by atoms with Crippen LogP contribution in [0.3, 0.4) is 0 Å². The van der Waals surface area contributed by atoms with Crippen LogP contribution in [0.25, 0.3) is 22.0 Å². The van der Waals surface area contributed by atoms with Crippen molar-refractivity contribution in [2.24, 2.45) is 5.73 Å². The first kappa shape index (κ1) is 26.7. The van der Waals surface area contributed by atoms with Crippen molar-refractivity contribution < 1.29 is 13.9 Å². The van der Waals surface area contributed by atoms with Crippen LogP contribution in [0.1, 0.15) is 52.8 Å². The summed E-state index contributed by atoms with van der Waals surface area (Å²) >= 11 is 0. The average molecular weight is 539 g/mol. The highest BCUT2D eigenvalue weighted by molar-refractivity contribution is 5.99. The van der Waals surface area contributed by atoms with Gasteiger partial charge in [0, 0.05) is 34.0 Å². The third kappa shape index (κ3) is 5.18. The molecule has 2 aromatic heterocycles. The summed E-state index contributed by atoms with van der Waals surface area (Å²) in [6.45, 7) is 6.08. The monoisotopic (exact) mass is 538 g/mol. The maximum absolute atomic E-state index is 16.0. The van der Waals surface area contributed by atoms with Gasteiger partial charge in [-0.05, 0) is 73.7 Å². The molecule has 5 aromatic rings. The van der Waals surface area contributed by atoms with Gasteiger partial charge in [-0.15, -0.1) is 0 Å². The molecule has 0 bridgehead atoms. The number of H-pyrrole nitrogens is 1. The van der Waals surface area contributed by atoms with Crippen molar-refractivity contribution in [3.8, 4) is 17.0 Å². The van der Waals surface area contributed by atoms with Crippen LogP contribution in [0.4, 0.5) is 15.9 Å². The number of amides is 1. The first-order chi connectivity index (χ1) is 19.3. The lowest BCUT2D eigenvalue weighted by atomic mass is 9.99. The number of hydrogen-bond acceptors (Lipinski definition) is 6. The third-order valence-electron chi connectivity index (χ3n) is 6.85. The normalized spacial score (nSPS) is 11.9. The second-order valence-electron chi connectivity index (χ2n) is 9.59. The van der Waals surface area contributed by atoms with E-state index in [1.807, 2.05) is 63.2 Å². The number of ether oxygens (including phenoxy) is 1. The number of carbonyl (C=O) groups is 1. The summed E-state index contributed by atoms with van der Waals surface area (Å²) in [5, 5.41) is 5.17. The number of nitrogens with one attached hydrogen (secondary N) is 2. The van der Waals surface area contributed by atoms with Crippen LogP contribution in [0.2, 0.25) is 0 Å². The first-order valence-electron chi connectivity index (χ1n) is 13.1. The number of aryl methyl sites for hydroxylation is 2. The van der Waals surface area contributed by atoms with Crippen molar-refractivity contribution in [1.29, 1.82) is 0 Å². The van der Waals surface area contributed by atoms with Crippen molar-refractivity contribution in [2.75, 3.05) is 17.7 Å². The number of hydrogen-bond donors (Lipinski definition) is 4. The Morgan fingerprint density at radius 1 is 1.10 bits per heavy atom. The minimum absolute atomic E-state index is 0.183. The molecule has 6 N–H and O–H groups in total. The molecule has 0 saturated heterocycles. The Labute approximate surface area is 231 Å². The van der Waals surface area contributed by atoms with Crippen LogP contribution in [0.5, 0.6) is 5.75 Å². The maximum atomic E-state index is 16.0. The summed E-state index contributed by atoms with van der Waals surface area (Å²) in [7, 11) is 0. The smallest absolute Gasteiger partial charge is 0.249 e. The van der Waals surface area contributed by atoms with Crippen LogP contribution >= 0.6 is 0 Å². The number of nitrogen functional groups attached to an aromatic ring is 1. The van der Waals surface area contributed by atoms with E-state index in [1.165, 1.54) is 0 Å². The number of fused-ring (bicyclic) bond motifs is 1. The number of nitrogens with zero attached hydrogens (tertiary/aromatic N) is 2. The Morgan fingerprint density at radius 2 is 1.93 bits per heavy atom. The fourth-order valence-electron chi connectivity index (χ4n) is 4.82. The van der Waals surface area contributed by atoms with Crippen molar-refractivity contribution in [3.63, 3.8) is 0 Å². The van der Waals surface area contributed by atoms with Gasteiger partial charge in [0.2, 0.25) is 5.91 Å². The van der Waals surface area contributed by atoms with Crippen LogP contribution in [-0.2, 0) is 6.42 Å². The predicted octanol–water partition coefficient (Wildman–Crippen LogP) is 5.92. The number of nitrogens with two attached hydrogens (primary N) is 2. The minimum atomic E-state index is -0.724. The van der Waals surface area contributed by atoms with E-state index in [9.17, 15) is 4.79 Å². The van der Waals surface area contributed by atoms with E-state index >= 15 is 4.39 Å². The zero-order chi connectivity index (χ0) is 28.4. The Hall–Kier alpha value is -4.92. The van der Waals surface area contributed by atoms with E-state index in [0.29, 0.717) is 47.1 Å². The number of primary amides is 1. The minimum Gasteiger partial charge on any atom is -0.491 e. The predicted molar refractivity (Wildman–Crippen MR) is 156 cm³/mol. The van der Waals surface area contributed by atoms with E-state index in [0.717, 1.165) is 27.6 Å². The molecule has 1 amide bonds. The van der Waals surface area contributed by atoms with Gasteiger partial charge in [-0.2, -0.15) is 0 Å². The molecule has 40 heavy (non-hydrogen) atoms. The molecule has 2 heterocycles. The van der Waals surface area contributed by atoms with Gasteiger partial charge >= 0.3 is 0 Å². The molecule has 8 nitrogen and oxygen atoms in total. The molecule has 204 valence electrons. The van der Waals surface area contributed by atoms with Gasteiger partial charge in [0.05, 0.1) is 18.5 Å². The highest BCUT2D eigenvalue weighted by Gasteiger charge is 2.25. The number of rotatable bonds is 9. The summed E-state index contributed by atoms with van der Waals surface area (Å²) in [5.41, 5.74) is 16.3. The number of benzene rings is 3. The van der Waals surface area contributed by atoms with E-state index in [1.54, 1.807) is 24.5 Å². The molecule has 0 saturated carbocycles. The zero-order valence-corrected chi connectivity index (χ0v) is 22.6. The molecule has 5 rings (SSSR count). The highest BCUT2D eigenvalue weighted by Crippen LogP contribution is 2.35. The molecule has 1 unspecified atom stereocenters. The molecule has 0 aliphatic heterocycles. The second kappa shape index (κ2) is 11.1. The summed E-state index contributed by atoms with van der Waals surface area (Å²) in [4.78, 5) is 24.3. The summed E-state index contributed by atoms with van der Waals surface area (Å²) in [5.74, 6) is 0.0482. The summed E-state index contributed by atoms with van der Waals surface area (Å²) < 4.78 is 21.6. The third-order valence-corrected chi connectivity index (χ3v) is 6.85. The molecule has 0 fully saturated rings. The topological polar surface area (TPSA) is 132 Å². The van der Waals surface area contributed by atoms with Crippen LogP contribution in [0, 0.1) is 12.7 Å². The lowest BCUT2D eigenvalue weighted by Gasteiger charge is -2.22. The largest absolute Gasteiger partial charge is 0.491 e. The number of imidazole rings is 1. The Kier molecular flexibility index (Phi) is 7.37. The van der Waals surface area contributed by atoms with Gasteiger partial charge in [0.25, 0.3) is 0 Å². The van der Waals surface area contributed by atoms with Crippen LogP contribution in [0.15, 0.2) is 67.0 Å². The molecular formula is C31H31FN6O2. The highest BCUT2D eigenvalue weighted by atomic mass is 19.1. The van der Waals surface area contributed by atoms with Crippen molar-refractivity contribution in [1.82, 2.24) is 15.0 Å². The molecular weight excluding hydrogens is 507 g/mol. The van der Waals surface area contributed by atoms with Crippen LogP contribution < -0.4 is 21.5 Å². The lowest BCUT2D eigenvalue weighted by molar-refractivity contribution is 0.100. The lowest BCUT2D eigenvalue weighted by Crippen LogP contribution is -2.17. The number of pyridine rings is 1. The number of halogens is 1. The molecule has 0 spiro atoms. The van der Waals surface area contributed by atoms with Gasteiger partial charge in [-0.1, -0.05) is 24.6 Å². The Bertz CT molecular complexity index is 1710. The number of aromatic nitrogens is 3. The first-order valence-corrected chi connectivity index (χ1v) is 13.1. The SMILES string of the molecule is CCOc1cc(CC)cc(C(Nc2ccc3c(N)nccc3c2)c2ncc(-c3cc(C)ccc3C(N)=O)[nH]2)c1F. The molecule has 1 atom stereocenters. The molecule has 0 radical (unpaired) electrons. The Balaban J connectivity index is 1.65. The zero-order valence-electron chi connectivity index (χ0n) is 22.6. The van der Waals surface area contributed by atoms with Gasteiger partial charge in [-0.25, -0.2) is 14.4 Å². The van der Waals surface area contributed by atoms with E-state index in [2.05, 4.69) is 20.3 Å². The molecule has 9 heteroatoms. The fourth-order valence-corrected chi connectivity index (χ4v) is 4.82. The van der Waals surface area contributed by atoms with Gasteiger partial charge < -0.3 is 26.5 Å². The molecule has 0 aliphatic carbocycles. The van der Waals surface area contributed by atoms with E-state index in [4.69, 9.17) is 16.2 Å². The van der Waals surface area contributed by atoms with Gasteiger partial charge in [0.1, 0.15) is 17.7 Å². The summed E-state index contributed by atoms with van der Waals surface area (Å²) in [6.07, 6.45) is 3.97. The Morgan fingerprint density at radius 3 is 2.67 bits per heavy atom. The fraction of sp³-hybridized carbons (Fsp3) is 0.194. The number of carbonyl (C=O) groups excluding carboxylic acids is 1. The summed E-state index contributed by atoms with van der Waals surface area (Å²) in [6, 6.07) is 15.8. The standard InChI is InChI=1S/C31H31FN6O2/c1-4-18-13-24(27(32)26(14-18)40-5-2)28(37-20-7-9-21-19(15-20)10-11-35-29(21)33)31-36-16-25(38-31)23-12-17(3)6-8-22(23)30(34)39/h6-16,28,37H,4-5H2,1-3H3,(H2,33,35)(H2,34,39)(H,36,38). The second-order valence-corrected chi connectivity index (χ2v) is 9.59. The van der Waals surface area contributed by atoms with Crippen molar-refractivity contribution in [3.05, 3.63) is 101 Å².